The number of aryl methyl sites for hydroxylation is 1. The second kappa shape index (κ2) is 8.31. The van der Waals surface area contributed by atoms with Gasteiger partial charge in [-0.2, -0.15) is 0 Å². The van der Waals surface area contributed by atoms with E-state index in [1.165, 1.54) is 11.8 Å². The number of nitrogens with one attached hydrogen (secondary N) is 1. The first kappa shape index (κ1) is 19.5. The average molecular weight is 395 g/mol. The molecule has 1 spiro atoms. The molecule has 29 heavy (non-hydrogen) atoms. The number of nitrogens with zero attached hydrogens (tertiary/aromatic N) is 2. The van der Waals surface area contributed by atoms with Crippen LogP contribution in [0.2, 0.25) is 0 Å². The van der Waals surface area contributed by atoms with Gasteiger partial charge in [0.2, 0.25) is 0 Å². The van der Waals surface area contributed by atoms with Gasteiger partial charge in [-0.3, -0.25) is 14.6 Å². The van der Waals surface area contributed by atoms with Crippen molar-refractivity contribution >= 4 is 11.8 Å². The van der Waals surface area contributed by atoms with Crippen molar-refractivity contribution in [2.45, 2.75) is 32.1 Å². The Morgan fingerprint density at radius 1 is 1.10 bits per heavy atom. The number of pyridine rings is 1. The maximum absolute atomic E-state index is 12.9. The van der Waals surface area contributed by atoms with Crippen molar-refractivity contribution in [1.82, 2.24) is 15.2 Å². The molecule has 7 heteroatoms. The third kappa shape index (κ3) is 4.46. The molecule has 7 nitrogen and oxygen atoms in total. The van der Waals surface area contributed by atoms with Crippen molar-refractivity contribution in [2.75, 3.05) is 26.3 Å². The number of likely N-dealkylation sites (tertiary alicyclic amines) is 1. The topological polar surface area (TPSA) is 80.8 Å². The van der Waals surface area contributed by atoms with E-state index in [4.69, 9.17) is 9.47 Å². The second-order valence-corrected chi connectivity index (χ2v) is 7.50. The van der Waals surface area contributed by atoms with Gasteiger partial charge in [0.1, 0.15) is 5.69 Å². The van der Waals surface area contributed by atoms with Crippen LogP contribution in [0.4, 0.5) is 0 Å². The number of rotatable bonds is 4. The summed E-state index contributed by atoms with van der Waals surface area (Å²) in [4.78, 5) is 31.3. The highest BCUT2D eigenvalue weighted by atomic mass is 16.7. The molecule has 4 rings (SSSR count). The molecule has 2 aromatic rings. The van der Waals surface area contributed by atoms with E-state index in [9.17, 15) is 9.59 Å². The maximum atomic E-state index is 12.9. The minimum Gasteiger partial charge on any atom is -0.347 e. The fourth-order valence-electron chi connectivity index (χ4n) is 3.69. The molecule has 0 atom stereocenters. The number of carbonyl (C=O) groups excluding carboxylic acids is 2. The Bertz CT molecular complexity index is 881. The van der Waals surface area contributed by atoms with Gasteiger partial charge in [-0.15, -0.1) is 0 Å². The molecule has 0 saturated carbocycles. The average Bonchev–Trinajstić information content (AvgIpc) is 3.21. The molecule has 0 unspecified atom stereocenters. The number of ether oxygens (including phenoxy) is 2. The highest BCUT2D eigenvalue weighted by molar-refractivity contribution is 5.98. The summed E-state index contributed by atoms with van der Waals surface area (Å²) in [6, 6.07) is 11.2. The first-order valence-electron chi connectivity index (χ1n) is 9.92. The first-order chi connectivity index (χ1) is 14.0. The van der Waals surface area contributed by atoms with Gasteiger partial charge in [-0.05, 0) is 24.6 Å². The molecule has 2 aliphatic heterocycles. The molecule has 2 saturated heterocycles. The van der Waals surface area contributed by atoms with Crippen LogP contribution in [-0.4, -0.2) is 53.8 Å². The van der Waals surface area contributed by atoms with Gasteiger partial charge in [0.15, 0.2) is 5.79 Å². The maximum Gasteiger partial charge on any atom is 0.270 e. The van der Waals surface area contributed by atoms with E-state index in [1.807, 2.05) is 31.2 Å². The summed E-state index contributed by atoms with van der Waals surface area (Å²) in [6.45, 7) is 4.78. The molecule has 0 radical (unpaired) electrons. The van der Waals surface area contributed by atoms with E-state index >= 15 is 0 Å². The fraction of sp³-hybridized carbons (Fsp3) is 0.409. The van der Waals surface area contributed by atoms with E-state index < -0.39 is 5.79 Å². The van der Waals surface area contributed by atoms with Gasteiger partial charge in [-0.25, -0.2) is 0 Å². The summed E-state index contributed by atoms with van der Waals surface area (Å²) in [5.41, 5.74) is 2.88. The Labute approximate surface area is 170 Å². The fourth-order valence-corrected chi connectivity index (χ4v) is 3.69. The van der Waals surface area contributed by atoms with E-state index in [0.29, 0.717) is 51.3 Å². The molecule has 1 N–H and O–H groups in total. The normalized spacial score (nSPS) is 18.0. The summed E-state index contributed by atoms with van der Waals surface area (Å²) >= 11 is 0. The zero-order valence-corrected chi connectivity index (χ0v) is 16.5. The smallest absolute Gasteiger partial charge is 0.270 e. The second-order valence-electron chi connectivity index (χ2n) is 7.50. The zero-order chi connectivity index (χ0) is 20.3. The van der Waals surface area contributed by atoms with Crippen LogP contribution >= 0.6 is 0 Å². The van der Waals surface area contributed by atoms with Gasteiger partial charge >= 0.3 is 0 Å². The molecule has 0 bridgehead atoms. The van der Waals surface area contributed by atoms with Crippen molar-refractivity contribution in [2.24, 2.45) is 0 Å². The summed E-state index contributed by atoms with van der Waals surface area (Å²) in [7, 11) is 0. The largest absolute Gasteiger partial charge is 0.347 e. The molecule has 2 fully saturated rings. The standard InChI is InChI=1S/C22H25N3O4/c1-16-2-4-17(5-3-16)15-24-20(26)19-14-18(6-9-23-19)21(27)25-10-7-22(8-11-25)28-12-13-29-22/h2-6,9,14H,7-8,10-13,15H2,1H3,(H,24,26). The van der Waals surface area contributed by atoms with Crippen LogP contribution in [0.25, 0.3) is 0 Å². The molecule has 2 aliphatic rings. The number of amides is 2. The molecule has 0 aliphatic carbocycles. The lowest BCUT2D eigenvalue weighted by Crippen LogP contribution is -2.47. The highest BCUT2D eigenvalue weighted by Gasteiger charge is 2.40. The minimum atomic E-state index is -0.518. The predicted molar refractivity (Wildman–Crippen MR) is 106 cm³/mol. The number of piperidine rings is 1. The number of carbonyl (C=O) groups is 2. The molecule has 1 aromatic heterocycles. The molecular formula is C22H25N3O4. The summed E-state index contributed by atoms with van der Waals surface area (Å²) < 4.78 is 11.4. The first-order valence-corrected chi connectivity index (χ1v) is 9.92. The third-order valence-electron chi connectivity index (χ3n) is 5.44. The quantitative estimate of drug-likeness (QED) is 0.859. The van der Waals surface area contributed by atoms with Crippen LogP contribution in [0.3, 0.4) is 0 Å². The van der Waals surface area contributed by atoms with Crippen molar-refractivity contribution in [3.05, 3.63) is 65.0 Å². The number of aromatic nitrogens is 1. The van der Waals surface area contributed by atoms with Crippen LogP contribution in [0.1, 0.15) is 44.8 Å². The van der Waals surface area contributed by atoms with Crippen LogP contribution in [0, 0.1) is 6.92 Å². The third-order valence-corrected chi connectivity index (χ3v) is 5.44. The summed E-state index contributed by atoms with van der Waals surface area (Å²) in [5.74, 6) is -0.922. The number of benzene rings is 1. The monoisotopic (exact) mass is 395 g/mol. The molecular weight excluding hydrogens is 370 g/mol. The Morgan fingerprint density at radius 2 is 1.79 bits per heavy atom. The number of hydrogen-bond acceptors (Lipinski definition) is 5. The van der Waals surface area contributed by atoms with E-state index in [-0.39, 0.29) is 17.5 Å². The van der Waals surface area contributed by atoms with Gasteiger partial charge in [0.05, 0.1) is 13.2 Å². The van der Waals surface area contributed by atoms with Crippen LogP contribution < -0.4 is 5.32 Å². The van der Waals surface area contributed by atoms with Crippen molar-refractivity contribution < 1.29 is 19.1 Å². The van der Waals surface area contributed by atoms with Crippen LogP contribution in [0.15, 0.2) is 42.6 Å². The van der Waals surface area contributed by atoms with E-state index in [0.717, 1.165) is 5.56 Å². The Hall–Kier alpha value is -2.77. The summed E-state index contributed by atoms with van der Waals surface area (Å²) in [5, 5.41) is 2.85. The van der Waals surface area contributed by atoms with Gasteiger partial charge in [0, 0.05) is 44.2 Å². The molecule has 2 amide bonds. The van der Waals surface area contributed by atoms with Crippen molar-refractivity contribution in [3.8, 4) is 0 Å². The molecule has 152 valence electrons. The van der Waals surface area contributed by atoms with Crippen LogP contribution in [0.5, 0.6) is 0 Å². The van der Waals surface area contributed by atoms with Gasteiger partial charge in [-0.1, -0.05) is 29.8 Å². The van der Waals surface area contributed by atoms with E-state index in [2.05, 4.69) is 10.3 Å². The van der Waals surface area contributed by atoms with Crippen molar-refractivity contribution in [1.29, 1.82) is 0 Å². The predicted octanol–water partition coefficient (Wildman–Crippen LogP) is 2.30. The van der Waals surface area contributed by atoms with Crippen LogP contribution in [-0.2, 0) is 16.0 Å². The van der Waals surface area contributed by atoms with Crippen molar-refractivity contribution in [3.63, 3.8) is 0 Å². The minimum absolute atomic E-state index is 0.104. The lowest BCUT2D eigenvalue weighted by molar-refractivity contribution is -0.181. The lowest BCUT2D eigenvalue weighted by atomic mass is 10.0. The van der Waals surface area contributed by atoms with E-state index in [1.54, 1.807) is 17.0 Å². The number of hydrogen-bond donors (Lipinski definition) is 1. The summed E-state index contributed by atoms with van der Waals surface area (Å²) in [6.07, 6.45) is 2.82. The molecule has 1 aromatic carbocycles. The Balaban J connectivity index is 1.37. The van der Waals surface area contributed by atoms with Gasteiger partial charge in [0.25, 0.3) is 11.8 Å². The lowest BCUT2D eigenvalue weighted by Gasteiger charge is -2.37. The zero-order valence-electron chi connectivity index (χ0n) is 16.5. The molecule has 3 heterocycles. The SMILES string of the molecule is Cc1ccc(CNC(=O)c2cc(C(=O)N3CCC4(CC3)OCCO4)ccn2)cc1. The Kier molecular flexibility index (Phi) is 5.60. The van der Waals surface area contributed by atoms with Gasteiger partial charge < -0.3 is 19.7 Å². The Morgan fingerprint density at radius 3 is 2.48 bits per heavy atom. The highest BCUT2D eigenvalue weighted by Crippen LogP contribution is 2.31.